The van der Waals surface area contributed by atoms with E-state index in [0.717, 1.165) is 6.04 Å². The van der Waals surface area contributed by atoms with E-state index in [4.69, 9.17) is 0 Å². The molecule has 2 heterocycles. The predicted octanol–water partition coefficient (Wildman–Crippen LogP) is 2.04. The Bertz CT molecular complexity index is 138. The molecule has 1 unspecified atom stereocenters. The van der Waals surface area contributed by atoms with E-state index in [9.17, 15) is 0 Å². The molecule has 2 saturated heterocycles. The fourth-order valence-electron chi connectivity index (χ4n) is 2.61. The molecular weight excluding hydrogens is 196 g/mol. The maximum atomic E-state index is 3.51. The van der Waals surface area contributed by atoms with Crippen LogP contribution in [0.5, 0.6) is 0 Å². The molecule has 0 saturated carbocycles. The molecule has 2 rings (SSSR count). The monoisotopic (exact) mass is 218 g/mol. The fraction of sp³-hybridized carbons (Fsp3) is 1.00. The third-order valence-corrected chi connectivity index (χ3v) is 3.43. The predicted molar refractivity (Wildman–Crippen MR) is 63.2 cm³/mol. The minimum atomic E-state index is 0. The molecule has 14 heavy (non-hydrogen) atoms. The van der Waals surface area contributed by atoms with Crippen molar-refractivity contribution in [3.63, 3.8) is 0 Å². The first kappa shape index (κ1) is 12.3. The normalized spacial score (nSPS) is 30.4. The van der Waals surface area contributed by atoms with Gasteiger partial charge in [-0.25, -0.2) is 0 Å². The molecule has 2 fully saturated rings. The summed E-state index contributed by atoms with van der Waals surface area (Å²) in [6.45, 7) is 5.18. The van der Waals surface area contributed by atoms with Gasteiger partial charge in [-0.2, -0.15) is 0 Å². The van der Waals surface area contributed by atoms with Gasteiger partial charge in [-0.05, 0) is 45.3 Å². The van der Waals surface area contributed by atoms with Crippen LogP contribution in [0.3, 0.4) is 0 Å². The summed E-state index contributed by atoms with van der Waals surface area (Å²) in [4.78, 5) is 2.72. The van der Waals surface area contributed by atoms with E-state index >= 15 is 0 Å². The van der Waals surface area contributed by atoms with Crippen LogP contribution < -0.4 is 5.32 Å². The lowest BCUT2D eigenvalue weighted by Crippen LogP contribution is -2.46. The van der Waals surface area contributed by atoms with E-state index in [1.165, 1.54) is 64.7 Å². The number of piperidine rings is 1. The molecule has 0 aliphatic carbocycles. The Morgan fingerprint density at radius 3 is 2.21 bits per heavy atom. The average Bonchev–Trinajstić information content (AvgIpc) is 2.47. The average molecular weight is 219 g/mol. The molecule has 0 radical (unpaired) electrons. The highest BCUT2D eigenvalue weighted by Gasteiger charge is 2.20. The van der Waals surface area contributed by atoms with E-state index in [2.05, 4.69) is 10.2 Å². The second kappa shape index (κ2) is 6.65. The summed E-state index contributed by atoms with van der Waals surface area (Å²) in [5.41, 5.74) is 0. The molecule has 1 atom stereocenters. The van der Waals surface area contributed by atoms with Crippen molar-refractivity contribution in [2.24, 2.45) is 0 Å². The maximum absolute atomic E-state index is 3.51. The molecule has 0 amide bonds. The van der Waals surface area contributed by atoms with Crippen molar-refractivity contribution in [2.75, 3.05) is 26.2 Å². The molecule has 0 aromatic rings. The van der Waals surface area contributed by atoms with Gasteiger partial charge < -0.3 is 5.32 Å². The van der Waals surface area contributed by atoms with E-state index in [1.54, 1.807) is 0 Å². The van der Waals surface area contributed by atoms with Crippen molar-refractivity contribution in [2.45, 2.75) is 44.6 Å². The largest absolute Gasteiger partial charge is 0.315 e. The van der Waals surface area contributed by atoms with E-state index in [1.807, 2.05) is 0 Å². The molecule has 0 aromatic heterocycles. The molecule has 84 valence electrons. The zero-order valence-electron chi connectivity index (χ0n) is 9.00. The first-order valence-electron chi connectivity index (χ1n) is 5.91. The van der Waals surface area contributed by atoms with Crippen LogP contribution >= 0.6 is 12.4 Å². The topological polar surface area (TPSA) is 15.3 Å². The highest BCUT2D eigenvalue weighted by atomic mass is 35.5. The Morgan fingerprint density at radius 1 is 0.929 bits per heavy atom. The van der Waals surface area contributed by atoms with Crippen LogP contribution in [0, 0.1) is 0 Å². The summed E-state index contributed by atoms with van der Waals surface area (Å²) in [7, 11) is 0. The smallest absolute Gasteiger partial charge is 0.0221 e. The lowest BCUT2D eigenvalue weighted by molar-refractivity contribution is 0.172. The second-order valence-corrected chi connectivity index (χ2v) is 4.45. The van der Waals surface area contributed by atoms with E-state index in [0.29, 0.717) is 0 Å². The number of rotatable bonds is 1. The number of hydrogen-bond acceptors (Lipinski definition) is 2. The Balaban J connectivity index is 0.000000980. The SMILES string of the molecule is C1CCCN(C2CCCNC2)CC1.Cl. The highest BCUT2D eigenvalue weighted by molar-refractivity contribution is 5.85. The molecule has 0 bridgehead atoms. The molecule has 0 spiro atoms. The first-order chi connectivity index (χ1) is 6.47. The van der Waals surface area contributed by atoms with E-state index in [-0.39, 0.29) is 12.4 Å². The van der Waals surface area contributed by atoms with E-state index < -0.39 is 0 Å². The highest BCUT2D eigenvalue weighted by Crippen LogP contribution is 2.16. The number of nitrogens with zero attached hydrogens (tertiary/aromatic N) is 1. The fourth-order valence-corrected chi connectivity index (χ4v) is 2.61. The molecule has 2 nitrogen and oxygen atoms in total. The van der Waals surface area contributed by atoms with Crippen LogP contribution in [0.2, 0.25) is 0 Å². The van der Waals surface area contributed by atoms with Gasteiger partial charge in [0.05, 0.1) is 0 Å². The summed E-state index contributed by atoms with van der Waals surface area (Å²) >= 11 is 0. The van der Waals surface area contributed by atoms with Gasteiger partial charge in [0.2, 0.25) is 0 Å². The minimum Gasteiger partial charge on any atom is -0.315 e. The van der Waals surface area contributed by atoms with Gasteiger partial charge in [0, 0.05) is 12.6 Å². The lowest BCUT2D eigenvalue weighted by atomic mass is 10.1. The Kier molecular flexibility index (Phi) is 5.83. The Morgan fingerprint density at radius 2 is 1.64 bits per heavy atom. The molecule has 2 aliphatic heterocycles. The number of likely N-dealkylation sites (tertiary alicyclic amines) is 1. The first-order valence-corrected chi connectivity index (χ1v) is 5.91. The zero-order valence-corrected chi connectivity index (χ0v) is 9.82. The summed E-state index contributed by atoms with van der Waals surface area (Å²) in [6.07, 6.45) is 8.56. The Labute approximate surface area is 93.8 Å². The maximum Gasteiger partial charge on any atom is 0.0221 e. The van der Waals surface area contributed by atoms with Crippen LogP contribution in [0.25, 0.3) is 0 Å². The molecular formula is C11H23ClN2. The number of halogens is 1. The lowest BCUT2D eigenvalue weighted by Gasteiger charge is -2.33. The number of nitrogens with one attached hydrogen (secondary N) is 1. The van der Waals surface area contributed by atoms with Crippen LogP contribution in [0.1, 0.15) is 38.5 Å². The molecule has 2 aliphatic rings. The minimum absolute atomic E-state index is 0. The van der Waals surface area contributed by atoms with Gasteiger partial charge in [0.1, 0.15) is 0 Å². The molecule has 1 N–H and O–H groups in total. The van der Waals surface area contributed by atoms with Crippen molar-refractivity contribution >= 4 is 12.4 Å². The van der Waals surface area contributed by atoms with Crippen molar-refractivity contribution in [1.82, 2.24) is 10.2 Å². The van der Waals surface area contributed by atoms with Crippen LogP contribution in [0.4, 0.5) is 0 Å². The van der Waals surface area contributed by atoms with Crippen molar-refractivity contribution in [3.8, 4) is 0 Å². The summed E-state index contributed by atoms with van der Waals surface area (Å²) in [5, 5.41) is 3.51. The third-order valence-electron chi connectivity index (χ3n) is 3.43. The van der Waals surface area contributed by atoms with Gasteiger partial charge in [-0.1, -0.05) is 12.8 Å². The second-order valence-electron chi connectivity index (χ2n) is 4.45. The van der Waals surface area contributed by atoms with Crippen LogP contribution in [-0.2, 0) is 0 Å². The van der Waals surface area contributed by atoms with Crippen LogP contribution in [-0.4, -0.2) is 37.1 Å². The standard InChI is InChI=1S/C11H22N2.ClH/c1-2-4-9-13(8-3-1)11-6-5-7-12-10-11;/h11-12H,1-10H2;1H. The molecule has 3 heteroatoms. The summed E-state index contributed by atoms with van der Waals surface area (Å²) in [6, 6.07) is 0.854. The third kappa shape index (κ3) is 3.41. The quantitative estimate of drug-likeness (QED) is 0.725. The van der Waals surface area contributed by atoms with Gasteiger partial charge in [-0.3, -0.25) is 4.90 Å². The van der Waals surface area contributed by atoms with Gasteiger partial charge in [0.25, 0.3) is 0 Å². The number of hydrogen-bond donors (Lipinski definition) is 1. The Hall–Kier alpha value is 0.210. The van der Waals surface area contributed by atoms with Gasteiger partial charge >= 0.3 is 0 Å². The van der Waals surface area contributed by atoms with Crippen molar-refractivity contribution in [1.29, 1.82) is 0 Å². The van der Waals surface area contributed by atoms with Crippen LogP contribution in [0.15, 0.2) is 0 Å². The van der Waals surface area contributed by atoms with Crippen molar-refractivity contribution in [3.05, 3.63) is 0 Å². The molecule has 0 aromatic carbocycles. The summed E-state index contributed by atoms with van der Waals surface area (Å²) < 4.78 is 0. The zero-order chi connectivity index (χ0) is 8.93. The van der Waals surface area contributed by atoms with Crippen molar-refractivity contribution < 1.29 is 0 Å². The summed E-state index contributed by atoms with van der Waals surface area (Å²) in [5.74, 6) is 0. The van der Waals surface area contributed by atoms with Gasteiger partial charge in [0.15, 0.2) is 0 Å². The van der Waals surface area contributed by atoms with Gasteiger partial charge in [-0.15, -0.1) is 12.4 Å².